The van der Waals surface area contributed by atoms with Crippen LogP contribution in [0.15, 0.2) is 11.3 Å². The van der Waals surface area contributed by atoms with Gasteiger partial charge in [0.1, 0.15) is 12.9 Å². The Bertz CT molecular complexity index is 418. The van der Waals surface area contributed by atoms with E-state index in [9.17, 15) is 0 Å². The van der Waals surface area contributed by atoms with E-state index in [0.717, 1.165) is 24.9 Å². The highest BCUT2D eigenvalue weighted by Crippen LogP contribution is 2.06. The van der Waals surface area contributed by atoms with Gasteiger partial charge in [-0.1, -0.05) is 45.4 Å². The van der Waals surface area contributed by atoms with Gasteiger partial charge in [0.05, 0.1) is 0 Å². The van der Waals surface area contributed by atoms with Crippen LogP contribution in [0, 0.1) is 0 Å². The van der Waals surface area contributed by atoms with Gasteiger partial charge in [-0.3, -0.25) is 0 Å². The third-order valence-corrected chi connectivity index (χ3v) is 3.60. The average Bonchev–Trinajstić information content (AvgIpc) is 2.92. The second-order valence-corrected chi connectivity index (χ2v) is 5.60. The molecular formula is C16H33IN6. The van der Waals surface area contributed by atoms with Crippen LogP contribution < -0.4 is 10.6 Å². The molecule has 0 radical (unpaired) electrons. The lowest BCUT2D eigenvalue weighted by Crippen LogP contribution is -2.37. The first kappa shape index (κ1) is 22.1. The lowest BCUT2D eigenvalue weighted by atomic mass is 10.1. The van der Waals surface area contributed by atoms with Gasteiger partial charge in [0.15, 0.2) is 11.8 Å². The summed E-state index contributed by atoms with van der Waals surface area (Å²) in [6.45, 7) is 6.71. The SMILES string of the molecule is CCCCCCCCCNC(=NCc1nncn1C)NCC.I. The molecule has 6 nitrogen and oxygen atoms in total. The lowest BCUT2D eigenvalue weighted by molar-refractivity contribution is 0.583. The molecule has 1 aromatic rings. The standard InChI is InChI=1S/C16H32N6.HI/c1-4-6-7-8-9-10-11-12-18-16(17-5-2)19-13-15-21-20-14-22(15)3;/h14H,4-13H2,1-3H3,(H2,17,18,19);1H. The Morgan fingerprint density at radius 3 is 2.39 bits per heavy atom. The number of guanidine groups is 1. The number of halogens is 1. The molecule has 0 saturated carbocycles. The van der Waals surface area contributed by atoms with Crippen molar-refractivity contribution in [3.8, 4) is 0 Å². The maximum atomic E-state index is 4.55. The monoisotopic (exact) mass is 436 g/mol. The normalized spacial score (nSPS) is 11.2. The predicted octanol–water partition coefficient (Wildman–Crippen LogP) is 3.24. The molecule has 0 atom stereocenters. The van der Waals surface area contributed by atoms with Gasteiger partial charge in [-0.2, -0.15) is 0 Å². The van der Waals surface area contributed by atoms with Crippen LogP contribution in [0.1, 0.15) is 64.6 Å². The van der Waals surface area contributed by atoms with Crippen LogP contribution in [0.4, 0.5) is 0 Å². The molecule has 23 heavy (non-hydrogen) atoms. The quantitative estimate of drug-likeness (QED) is 0.242. The Balaban J connectivity index is 0.00000484. The molecule has 0 fully saturated rings. The highest BCUT2D eigenvalue weighted by molar-refractivity contribution is 14.0. The van der Waals surface area contributed by atoms with Crippen LogP contribution in [0.3, 0.4) is 0 Å². The van der Waals surface area contributed by atoms with Crippen LogP contribution in [0.2, 0.25) is 0 Å². The summed E-state index contributed by atoms with van der Waals surface area (Å²) in [4.78, 5) is 4.55. The second-order valence-electron chi connectivity index (χ2n) is 5.60. The van der Waals surface area contributed by atoms with Gasteiger partial charge in [-0.25, -0.2) is 4.99 Å². The molecule has 0 amide bonds. The predicted molar refractivity (Wildman–Crippen MR) is 107 cm³/mol. The Morgan fingerprint density at radius 1 is 1.09 bits per heavy atom. The summed E-state index contributed by atoms with van der Waals surface area (Å²) in [5.74, 6) is 1.73. The van der Waals surface area contributed by atoms with Gasteiger partial charge in [0.25, 0.3) is 0 Å². The molecule has 0 aliphatic rings. The summed E-state index contributed by atoms with van der Waals surface area (Å²) in [5.41, 5.74) is 0. The first-order valence-corrected chi connectivity index (χ1v) is 8.63. The topological polar surface area (TPSA) is 67.1 Å². The third kappa shape index (κ3) is 10.5. The van der Waals surface area contributed by atoms with Crippen LogP contribution in [0.25, 0.3) is 0 Å². The van der Waals surface area contributed by atoms with E-state index in [-0.39, 0.29) is 24.0 Å². The van der Waals surface area contributed by atoms with Crippen molar-refractivity contribution in [1.29, 1.82) is 0 Å². The molecule has 1 heterocycles. The van der Waals surface area contributed by atoms with Gasteiger partial charge in [-0.15, -0.1) is 34.2 Å². The molecule has 0 aliphatic carbocycles. The van der Waals surface area contributed by atoms with Gasteiger partial charge in [-0.05, 0) is 13.3 Å². The fraction of sp³-hybridized carbons (Fsp3) is 0.812. The maximum Gasteiger partial charge on any atom is 0.191 e. The van der Waals surface area contributed by atoms with Crippen LogP contribution in [-0.2, 0) is 13.6 Å². The average molecular weight is 436 g/mol. The van der Waals surface area contributed by atoms with Crippen molar-refractivity contribution >= 4 is 29.9 Å². The summed E-state index contributed by atoms with van der Waals surface area (Å²) >= 11 is 0. The van der Waals surface area contributed by atoms with Gasteiger partial charge in [0.2, 0.25) is 0 Å². The Hall–Kier alpha value is -0.860. The number of aromatic nitrogens is 3. The highest BCUT2D eigenvalue weighted by Gasteiger charge is 2.01. The molecule has 7 heteroatoms. The molecule has 1 rings (SSSR count). The minimum atomic E-state index is 0. The fourth-order valence-corrected chi connectivity index (χ4v) is 2.23. The molecule has 0 spiro atoms. The second kappa shape index (κ2) is 14.7. The van der Waals surface area contributed by atoms with E-state index in [0.29, 0.717) is 6.54 Å². The summed E-state index contributed by atoms with van der Waals surface area (Å²) in [6.07, 6.45) is 11.0. The number of nitrogens with zero attached hydrogens (tertiary/aromatic N) is 4. The van der Waals surface area contributed by atoms with Crippen LogP contribution in [-0.4, -0.2) is 33.8 Å². The Labute approximate surface area is 158 Å². The molecule has 0 aliphatic heterocycles. The Kier molecular flexibility index (Phi) is 14.2. The summed E-state index contributed by atoms with van der Waals surface area (Å²) in [5, 5.41) is 14.6. The zero-order valence-electron chi connectivity index (χ0n) is 14.8. The number of hydrogen-bond donors (Lipinski definition) is 2. The van der Waals surface area contributed by atoms with Crippen molar-refractivity contribution in [3.05, 3.63) is 12.2 Å². The lowest BCUT2D eigenvalue weighted by Gasteiger charge is -2.11. The maximum absolute atomic E-state index is 4.55. The zero-order chi connectivity index (χ0) is 16.0. The van der Waals surface area contributed by atoms with Crippen molar-refractivity contribution in [2.45, 2.75) is 65.3 Å². The van der Waals surface area contributed by atoms with Gasteiger partial charge >= 0.3 is 0 Å². The number of rotatable bonds is 11. The van der Waals surface area contributed by atoms with Gasteiger partial charge in [0, 0.05) is 20.1 Å². The highest BCUT2D eigenvalue weighted by atomic mass is 127. The molecule has 0 unspecified atom stereocenters. The van der Waals surface area contributed by atoms with Crippen molar-refractivity contribution in [1.82, 2.24) is 25.4 Å². The third-order valence-electron chi connectivity index (χ3n) is 3.60. The largest absolute Gasteiger partial charge is 0.357 e. The number of aliphatic imine (C=N–C) groups is 1. The molecule has 0 bridgehead atoms. The van der Waals surface area contributed by atoms with E-state index in [1.54, 1.807) is 6.33 Å². The molecule has 134 valence electrons. The number of aryl methyl sites for hydroxylation is 1. The Morgan fingerprint density at radius 2 is 1.78 bits per heavy atom. The van der Waals surface area contributed by atoms with Crippen molar-refractivity contribution in [3.63, 3.8) is 0 Å². The van der Waals surface area contributed by atoms with E-state index in [2.05, 4.69) is 39.7 Å². The molecule has 1 aromatic heterocycles. The molecule has 0 saturated heterocycles. The summed E-state index contributed by atoms with van der Waals surface area (Å²) in [7, 11) is 1.93. The first-order chi connectivity index (χ1) is 10.8. The fourth-order valence-electron chi connectivity index (χ4n) is 2.23. The number of nitrogens with one attached hydrogen (secondary N) is 2. The van der Waals surface area contributed by atoms with Crippen LogP contribution in [0.5, 0.6) is 0 Å². The van der Waals surface area contributed by atoms with Crippen LogP contribution >= 0.6 is 24.0 Å². The summed E-state index contributed by atoms with van der Waals surface area (Å²) < 4.78 is 1.89. The molecular weight excluding hydrogens is 403 g/mol. The van der Waals surface area contributed by atoms with Crippen molar-refractivity contribution in [2.24, 2.45) is 12.0 Å². The smallest absolute Gasteiger partial charge is 0.191 e. The summed E-state index contributed by atoms with van der Waals surface area (Å²) in [6, 6.07) is 0. The van der Waals surface area contributed by atoms with E-state index in [1.165, 1.54) is 44.9 Å². The van der Waals surface area contributed by atoms with E-state index >= 15 is 0 Å². The molecule has 0 aromatic carbocycles. The van der Waals surface area contributed by atoms with Crippen molar-refractivity contribution < 1.29 is 0 Å². The minimum absolute atomic E-state index is 0. The van der Waals surface area contributed by atoms with E-state index in [4.69, 9.17) is 0 Å². The number of unbranched alkanes of at least 4 members (excludes halogenated alkanes) is 6. The molecule has 2 N–H and O–H groups in total. The van der Waals surface area contributed by atoms with E-state index in [1.807, 2.05) is 11.6 Å². The first-order valence-electron chi connectivity index (χ1n) is 8.63. The zero-order valence-corrected chi connectivity index (χ0v) is 17.2. The minimum Gasteiger partial charge on any atom is -0.357 e. The number of hydrogen-bond acceptors (Lipinski definition) is 3. The van der Waals surface area contributed by atoms with Crippen molar-refractivity contribution in [2.75, 3.05) is 13.1 Å². The van der Waals surface area contributed by atoms with Gasteiger partial charge < -0.3 is 15.2 Å². The van der Waals surface area contributed by atoms with E-state index < -0.39 is 0 Å².